The van der Waals surface area contributed by atoms with E-state index in [4.69, 9.17) is 9.84 Å². The van der Waals surface area contributed by atoms with Gasteiger partial charge in [0.25, 0.3) is 17.8 Å². The van der Waals surface area contributed by atoms with Crippen molar-refractivity contribution in [2.24, 2.45) is 5.92 Å². The molecule has 1 aliphatic heterocycles. The summed E-state index contributed by atoms with van der Waals surface area (Å²) in [5, 5.41) is 17.2. The van der Waals surface area contributed by atoms with Crippen molar-refractivity contribution >= 4 is 23.9 Å². The number of fused-ring (bicyclic) bond motifs is 3. The SMILES string of the molecule is O=C(Nc1n[nH]c(C(=O)N2CC(C(=O)O)C(F)(F)C2)n1)OCC1c2ccccc2-c2ccccc21. The Balaban J connectivity index is 1.21. The number of halogens is 2. The average Bonchev–Trinajstić information content (AvgIpc) is 3.51. The van der Waals surface area contributed by atoms with Gasteiger partial charge in [0.15, 0.2) is 0 Å². The third kappa shape index (κ3) is 4.07. The highest BCUT2D eigenvalue weighted by Crippen LogP contribution is 2.44. The van der Waals surface area contributed by atoms with Crippen molar-refractivity contribution in [1.29, 1.82) is 0 Å². The molecule has 0 bridgehead atoms. The topological polar surface area (TPSA) is 138 Å². The molecule has 1 atom stereocenters. The Morgan fingerprint density at radius 1 is 1.11 bits per heavy atom. The van der Waals surface area contributed by atoms with Crippen LogP contribution < -0.4 is 5.32 Å². The number of carboxylic acid groups (broad SMARTS) is 1. The lowest BCUT2D eigenvalue weighted by atomic mass is 9.98. The lowest BCUT2D eigenvalue weighted by Gasteiger charge is -2.14. The van der Waals surface area contributed by atoms with Crippen molar-refractivity contribution in [3.05, 3.63) is 65.5 Å². The Hall–Kier alpha value is -4.35. The summed E-state index contributed by atoms with van der Waals surface area (Å²) >= 11 is 0. The van der Waals surface area contributed by atoms with Gasteiger partial charge in [0.1, 0.15) is 12.5 Å². The van der Waals surface area contributed by atoms with Gasteiger partial charge < -0.3 is 14.7 Å². The largest absolute Gasteiger partial charge is 0.481 e. The Labute approximate surface area is 196 Å². The summed E-state index contributed by atoms with van der Waals surface area (Å²) in [5.41, 5.74) is 4.22. The van der Waals surface area contributed by atoms with Crippen LogP contribution in [0.5, 0.6) is 0 Å². The Morgan fingerprint density at radius 3 is 2.34 bits per heavy atom. The van der Waals surface area contributed by atoms with E-state index in [0.29, 0.717) is 4.90 Å². The van der Waals surface area contributed by atoms with Gasteiger partial charge in [0.2, 0.25) is 5.82 Å². The van der Waals surface area contributed by atoms with Crippen LogP contribution in [0.4, 0.5) is 19.5 Å². The fraction of sp³-hybridized carbons (Fsp3) is 0.261. The van der Waals surface area contributed by atoms with Crippen molar-refractivity contribution in [3.8, 4) is 11.1 Å². The van der Waals surface area contributed by atoms with Crippen molar-refractivity contribution in [3.63, 3.8) is 0 Å². The molecule has 2 amide bonds. The molecule has 1 fully saturated rings. The van der Waals surface area contributed by atoms with E-state index in [1.165, 1.54) is 0 Å². The fourth-order valence-electron chi connectivity index (χ4n) is 4.49. The highest BCUT2D eigenvalue weighted by atomic mass is 19.3. The number of aromatic nitrogens is 3. The van der Waals surface area contributed by atoms with E-state index in [-0.39, 0.29) is 18.5 Å². The van der Waals surface area contributed by atoms with E-state index >= 15 is 0 Å². The second-order valence-electron chi connectivity index (χ2n) is 8.30. The normalized spacial score (nSPS) is 18.1. The molecule has 35 heavy (non-hydrogen) atoms. The van der Waals surface area contributed by atoms with Crippen LogP contribution in [0.15, 0.2) is 48.5 Å². The predicted molar refractivity (Wildman–Crippen MR) is 117 cm³/mol. The molecule has 2 aromatic carbocycles. The number of benzene rings is 2. The molecule has 5 rings (SSSR count). The first-order chi connectivity index (χ1) is 16.7. The molecule has 1 saturated heterocycles. The minimum Gasteiger partial charge on any atom is -0.481 e. The number of nitrogens with one attached hydrogen (secondary N) is 2. The molecule has 0 spiro atoms. The number of carboxylic acids is 1. The van der Waals surface area contributed by atoms with Gasteiger partial charge in [-0.1, -0.05) is 48.5 Å². The van der Waals surface area contributed by atoms with E-state index in [2.05, 4.69) is 20.5 Å². The van der Waals surface area contributed by atoms with E-state index in [1.54, 1.807) is 0 Å². The molecule has 1 aromatic heterocycles. The van der Waals surface area contributed by atoms with Crippen LogP contribution in [0.25, 0.3) is 11.1 Å². The monoisotopic (exact) mass is 483 g/mol. The smallest absolute Gasteiger partial charge is 0.414 e. The molecular weight excluding hydrogens is 464 g/mol. The summed E-state index contributed by atoms with van der Waals surface area (Å²) < 4.78 is 33.1. The molecule has 2 heterocycles. The molecule has 180 valence electrons. The summed E-state index contributed by atoms with van der Waals surface area (Å²) in [6, 6.07) is 15.7. The summed E-state index contributed by atoms with van der Waals surface area (Å²) in [5.74, 6) is -9.08. The molecule has 3 aromatic rings. The summed E-state index contributed by atoms with van der Waals surface area (Å²) in [6.07, 6.45) is -0.858. The molecule has 1 unspecified atom stereocenters. The number of alkyl halides is 2. The van der Waals surface area contributed by atoms with Crippen molar-refractivity contribution < 1.29 is 33.0 Å². The van der Waals surface area contributed by atoms with Crippen molar-refractivity contribution in [1.82, 2.24) is 20.1 Å². The number of rotatable bonds is 5. The Kier molecular flexibility index (Phi) is 5.42. The van der Waals surface area contributed by atoms with Crippen LogP contribution >= 0.6 is 0 Å². The van der Waals surface area contributed by atoms with E-state index in [9.17, 15) is 23.2 Å². The number of aromatic amines is 1. The molecule has 1 aliphatic carbocycles. The number of H-pyrrole nitrogens is 1. The van der Waals surface area contributed by atoms with E-state index in [1.807, 2.05) is 48.5 Å². The molecule has 0 saturated carbocycles. The number of ether oxygens (including phenoxy) is 1. The number of anilines is 1. The second kappa shape index (κ2) is 8.46. The highest BCUT2D eigenvalue weighted by molar-refractivity contribution is 5.92. The van der Waals surface area contributed by atoms with Crippen molar-refractivity contribution in [2.75, 3.05) is 25.0 Å². The zero-order chi connectivity index (χ0) is 24.7. The first-order valence-corrected chi connectivity index (χ1v) is 10.7. The quantitative estimate of drug-likeness (QED) is 0.507. The molecule has 2 aliphatic rings. The second-order valence-corrected chi connectivity index (χ2v) is 8.30. The van der Waals surface area contributed by atoms with Crippen LogP contribution in [0.1, 0.15) is 27.7 Å². The van der Waals surface area contributed by atoms with Gasteiger partial charge in [-0.05, 0) is 22.3 Å². The highest BCUT2D eigenvalue weighted by Gasteiger charge is 2.53. The zero-order valence-corrected chi connectivity index (χ0v) is 18.1. The maximum atomic E-state index is 13.9. The number of aliphatic carboxylic acids is 1. The van der Waals surface area contributed by atoms with Gasteiger partial charge in [-0.15, -0.1) is 5.10 Å². The molecule has 3 N–H and O–H groups in total. The molecular formula is C23H19F2N5O5. The Bertz CT molecular complexity index is 1280. The number of amides is 2. The number of likely N-dealkylation sites (tertiary alicyclic amines) is 1. The molecule has 0 radical (unpaired) electrons. The number of hydrogen-bond donors (Lipinski definition) is 3. The maximum Gasteiger partial charge on any atom is 0.414 e. The number of hydrogen-bond acceptors (Lipinski definition) is 6. The van der Waals surface area contributed by atoms with Gasteiger partial charge in [0, 0.05) is 12.5 Å². The fourth-order valence-corrected chi connectivity index (χ4v) is 4.49. The number of nitrogens with zero attached hydrogens (tertiary/aromatic N) is 3. The van der Waals surface area contributed by atoms with Gasteiger partial charge in [-0.2, -0.15) is 4.98 Å². The lowest BCUT2D eigenvalue weighted by Crippen LogP contribution is -2.33. The minimum absolute atomic E-state index is 0.0511. The molecule has 12 heteroatoms. The van der Waals surface area contributed by atoms with Crippen LogP contribution in [-0.2, 0) is 9.53 Å². The van der Waals surface area contributed by atoms with E-state index in [0.717, 1.165) is 22.3 Å². The number of carbonyl (C=O) groups is 3. The number of carbonyl (C=O) groups excluding carboxylic acids is 2. The van der Waals surface area contributed by atoms with Gasteiger partial charge in [-0.25, -0.2) is 13.6 Å². The molecule has 10 nitrogen and oxygen atoms in total. The summed E-state index contributed by atoms with van der Waals surface area (Å²) in [4.78, 5) is 40.3. The summed E-state index contributed by atoms with van der Waals surface area (Å²) in [7, 11) is 0. The standard InChI is InChI=1S/C23H19F2N5O5/c24-23(25)11-30(9-17(23)20(32)33)19(31)18-26-21(29-28-18)27-22(34)35-10-16-14-7-3-1-5-12(14)13-6-2-4-8-15(13)16/h1-8,16-17H,9-11H2,(H,32,33)(H2,26,27,28,29,34). The maximum absolute atomic E-state index is 13.9. The summed E-state index contributed by atoms with van der Waals surface area (Å²) in [6.45, 7) is -1.68. The predicted octanol–water partition coefficient (Wildman–Crippen LogP) is 2.96. The Morgan fingerprint density at radius 2 is 1.74 bits per heavy atom. The zero-order valence-electron chi connectivity index (χ0n) is 18.1. The van der Waals surface area contributed by atoms with Crippen molar-refractivity contribution in [2.45, 2.75) is 11.8 Å². The van der Waals surface area contributed by atoms with Crippen LogP contribution in [0.2, 0.25) is 0 Å². The van der Waals surface area contributed by atoms with E-state index < -0.39 is 48.7 Å². The van der Waals surface area contributed by atoms with Gasteiger partial charge in [-0.3, -0.25) is 20.0 Å². The van der Waals surface area contributed by atoms with Crippen LogP contribution in [0.3, 0.4) is 0 Å². The van der Waals surface area contributed by atoms with Crippen LogP contribution in [0, 0.1) is 5.92 Å². The third-order valence-electron chi connectivity index (χ3n) is 6.15. The van der Waals surface area contributed by atoms with Gasteiger partial charge in [0.05, 0.1) is 6.54 Å². The lowest BCUT2D eigenvalue weighted by molar-refractivity contribution is -0.151. The minimum atomic E-state index is -3.57. The first kappa shape index (κ1) is 22.4. The first-order valence-electron chi connectivity index (χ1n) is 10.7. The van der Waals surface area contributed by atoms with Gasteiger partial charge >= 0.3 is 12.1 Å². The average molecular weight is 483 g/mol. The van der Waals surface area contributed by atoms with Crippen LogP contribution in [-0.4, -0.2) is 68.8 Å². The third-order valence-corrected chi connectivity index (χ3v) is 6.15.